The number of carbonyl (C=O) groups is 2. The third-order valence-corrected chi connectivity index (χ3v) is 3.11. The highest BCUT2D eigenvalue weighted by molar-refractivity contribution is 6.31. The van der Waals surface area contributed by atoms with Crippen LogP contribution in [0, 0.1) is 5.82 Å². The van der Waals surface area contributed by atoms with E-state index in [1.807, 2.05) is 0 Å². The smallest absolute Gasteiger partial charge is 0.335 e. The number of carboxylic acids is 1. The second-order valence-corrected chi connectivity index (χ2v) is 4.96. The third kappa shape index (κ3) is 3.71. The second kappa shape index (κ2) is 6.11. The van der Waals surface area contributed by atoms with E-state index in [-0.39, 0.29) is 26.9 Å². The zero-order chi connectivity index (χ0) is 15.6. The van der Waals surface area contributed by atoms with Crippen LogP contribution in [0.1, 0.15) is 20.7 Å². The van der Waals surface area contributed by atoms with Gasteiger partial charge in [-0.05, 0) is 36.4 Å². The number of carboxylic acid groups (broad SMARTS) is 1. The molecule has 0 bridgehead atoms. The lowest BCUT2D eigenvalue weighted by molar-refractivity contribution is 0.0696. The Balaban J connectivity index is 2.27. The first-order valence-electron chi connectivity index (χ1n) is 5.67. The minimum atomic E-state index is -1.18. The van der Waals surface area contributed by atoms with Crippen molar-refractivity contribution in [2.75, 3.05) is 5.32 Å². The first-order chi connectivity index (χ1) is 9.86. The first-order valence-corrected chi connectivity index (χ1v) is 6.42. The molecule has 2 aromatic rings. The summed E-state index contributed by atoms with van der Waals surface area (Å²) in [6.07, 6.45) is 0. The molecule has 0 aliphatic rings. The Hall–Kier alpha value is -2.11. The van der Waals surface area contributed by atoms with Crippen molar-refractivity contribution in [2.45, 2.75) is 0 Å². The standard InChI is InChI=1S/C14H8Cl2FNO3/c15-9-3-8(14(20)21)4-10(6-9)18-13(19)7-1-2-11(16)12(17)5-7/h1-6H,(H,18,19)(H,20,21). The molecule has 4 nitrogen and oxygen atoms in total. The Bertz CT molecular complexity index is 734. The van der Waals surface area contributed by atoms with Crippen molar-refractivity contribution in [2.24, 2.45) is 0 Å². The summed E-state index contributed by atoms with van der Waals surface area (Å²) in [6, 6.07) is 7.48. The minimum Gasteiger partial charge on any atom is -0.478 e. The highest BCUT2D eigenvalue weighted by Crippen LogP contribution is 2.21. The number of aromatic carboxylic acids is 1. The molecule has 0 aromatic heterocycles. The molecule has 0 radical (unpaired) electrons. The lowest BCUT2D eigenvalue weighted by Crippen LogP contribution is -2.12. The summed E-state index contributed by atoms with van der Waals surface area (Å²) in [6.45, 7) is 0. The molecule has 0 atom stereocenters. The van der Waals surface area contributed by atoms with Crippen molar-refractivity contribution in [3.8, 4) is 0 Å². The Kier molecular flexibility index (Phi) is 4.45. The number of carbonyl (C=O) groups excluding carboxylic acids is 1. The summed E-state index contributed by atoms with van der Waals surface area (Å²) in [4.78, 5) is 22.9. The van der Waals surface area contributed by atoms with E-state index in [1.165, 1.54) is 30.3 Å². The highest BCUT2D eigenvalue weighted by Gasteiger charge is 2.12. The van der Waals surface area contributed by atoms with Gasteiger partial charge in [0.1, 0.15) is 5.82 Å². The van der Waals surface area contributed by atoms with E-state index in [2.05, 4.69) is 5.32 Å². The van der Waals surface area contributed by atoms with Gasteiger partial charge in [0.25, 0.3) is 5.91 Å². The number of rotatable bonds is 3. The largest absolute Gasteiger partial charge is 0.478 e. The predicted molar refractivity (Wildman–Crippen MR) is 77.8 cm³/mol. The molecule has 0 heterocycles. The summed E-state index contributed by atoms with van der Waals surface area (Å²) < 4.78 is 13.3. The lowest BCUT2D eigenvalue weighted by atomic mass is 10.1. The number of amides is 1. The van der Waals surface area contributed by atoms with Gasteiger partial charge in [-0.25, -0.2) is 9.18 Å². The number of nitrogens with one attached hydrogen (secondary N) is 1. The summed E-state index contributed by atoms with van der Waals surface area (Å²) in [5.41, 5.74) is 0.175. The SMILES string of the molecule is O=C(O)c1cc(Cl)cc(NC(=O)c2ccc(Cl)c(F)c2)c1. The van der Waals surface area contributed by atoms with E-state index in [9.17, 15) is 14.0 Å². The summed E-state index contributed by atoms with van der Waals surface area (Å²) in [5, 5.41) is 11.4. The highest BCUT2D eigenvalue weighted by atomic mass is 35.5. The van der Waals surface area contributed by atoms with Crippen LogP contribution in [0.15, 0.2) is 36.4 Å². The van der Waals surface area contributed by atoms with Crippen molar-refractivity contribution < 1.29 is 19.1 Å². The summed E-state index contributed by atoms with van der Waals surface area (Å²) >= 11 is 11.3. The molecule has 21 heavy (non-hydrogen) atoms. The molecule has 0 saturated heterocycles. The maximum Gasteiger partial charge on any atom is 0.335 e. The van der Waals surface area contributed by atoms with E-state index >= 15 is 0 Å². The van der Waals surface area contributed by atoms with Gasteiger partial charge in [-0.15, -0.1) is 0 Å². The number of hydrogen-bond donors (Lipinski definition) is 2. The maximum absolute atomic E-state index is 13.3. The zero-order valence-corrected chi connectivity index (χ0v) is 11.9. The van der Waals surface area contributed by atoms with E-state index in [0.717, 1.165) is 6.07 Å². The number of hydrogen-bond acceptors (Lipinski definition) is 2. The molecule has 1 amide bonds. The fraction of sp³-hybridized carbons (Fsp3) is 0. The monoisotopic (exact) mass is 327 g/mol. The molecule has 2 rings (SSSR count). The van der Waals surface area contributed by atoms with Gasteiger partial charge >= 0.3 is 5.97 Å². The Morgan fingerprint density at radius 2 is 1.76 bits per heavy atom. The fourth-order valence-electron chi connectivity index (χ4n) is 1.63. The average molecular weight is 328 g/mol. The second-order valence-electron chi connectivity index (χ2n) is 4.12. The summed E-state index contributed by atoms with van der Waals surface area (Å²) in [5.74, 6) is -2.50. The molecular weight excluding hydrogens is 320 g/mol. The van der Waals surface area contributed by atoms with E-state index in [4.69, 9.17) is 28.3 Å². The minimum absolute atomic E-state index is 0.0498. The van der Waals surface area contributed by atoms with Crippen LogP contribution in [0.4, 0.5) is 10.1 Å². The van der Waals surface area contributed by atoms with Crippen molar-refractivity contribution in [1.82, 2.24) is 0 Å². The number of benzene rings is 2. The normalized spacial score (nSPS) is 10.2. The maximum atomic E-state index is 13.3. The summed E-state index contributed by atoms with van der Waals surface area (Å²) in [7, 11) is 0. The lowest BCUT2D eigenvalue weighted by Gasteiger charge is -2.07. The topological polar surface area (TPSA) is 66.4 Å². The number of anilines is 1. The quantitative estimate of drug-likeness (QED) is 0.892. The van der Waals surface area contributed by atoms with Gasteiger partial charge in [0.05, 0.1) is 10.6 Å². The van der Waals surface area contributed by atoms with Crippen LogP contribution in [0.5, 0.6) is 0 Å². The van der Waals surface area contributed by atoms with Crippen LogP contribution >= 0.6 is 23.2 Å². The predicted octanol–water partition coefficient (Wildman–Crippen LogP) is 4.08. The van der Waals surface area contributed by atoms with Gasteiger partial charge in [0.15, 0.2) is 0 Å². The molecule has 0 aliphatic carbocycles. The van der Waals surface area contributed by atoms with E-state index in [1.54, 1.807) is 0 Å². The van der Waals surface area contributed by atoms with Crippen molar-refractivity contribution in [1.29, 1.82) is 0 Å². The van der Waals surface area contributed by atoms with Crippen LogP contribution in [0.2, 0.25) is 10.0 Å². The van der Waals surface area contributed by atoms with Crippen LogP contribution in [0.3, 0.4) is 0 Å². The van der Waals surface area contributed by atoms with Crippen LogP contribution < -0.4 is 5.32 Å². The van der Waals surface area contributed by atoms with E-state index < -0.39 is 17.7 Å². The molecule has 0 fully saturated rings. The van der Waals surface area contributed by atoms with Gasteiger partial charge in [-0.3, -0.25) is 4.79 Å². The molecule has 7 heteroatoms. The number of halogens is 3. The molecular formula is C14H8Cl2FNO3. The van der Waals surface area contributed by atoms with Gasteiger partial charge in [0.2, 0.25) is 0 Å². The third-order valence-electron chi connectivity index (χ3n) is 2.58. The Morgan fingerprint density at radius 1 is 1.05 bits per heavy atom. The van der Waals surface area contributed by atoms with Gasteiger partial charge < -0.3 is 10.4 Å². The first kappa shape index (κ1) is 15.3. The zero-order valence-electron chi connectivity index (χ0n) is 10.4. The molecule has 0 unspecified atom stereocenters. The molecule has 108 valence electrons. The van der Waals surface area contributed by atoms with Crippen LogP contribution in [-0.2, 0) is 0 Å². The van der Waals surface area contributed by atoms with Crippen molar-refractivity contribution >= 4 is 40.8 Å². The van der Waals surface area contributed by atoms with E-state index in [0.29, 0.717) is 0 Å². The average Bonchev–Trinajstić information content (AvgIpc) is 2.41. The molecule has 0 saturated carbocycles. The van der Waals surface area contributed by atoms with Gasteiger partial charge in [0, 0.05) is 16.3 Å². The fourth-order valence-corrected chi connectivity index (χ4v) is 1.98. The molecule has 2 aromatic carbocycles. The van der Waals surface area contributed by atoms with Crippen LogP contribution in [-0.4, -0.2) is 17.0 Å². The Labute approximate surface area is 129 Å². The molecule has 0 spiro atoms. The molecule has 0 aliphatic heterocycles. The molecule has 2 N–H and O–H groups in total. The van der Waals surface area contributed by atoms with Crippen molar-refractivity contribution in [3.05, 3.63) is 63.4 Å². The van der Waals surface area contributed by atoms with Crippen LogP contribution in [0.25, 0.3) is 0 Å². The van der Waals surface area contributed by atoms with Crippen molar-refractivity contribution in [3.63, 3.8) is 0 Å². The Morgan fingerprint density at radius 3 is 2.38 bits per heavy atom. The van der Waals surface area contributed by atoms with Gasteiger partial charge in [-0.2, -0.15) is 0 Å². The van der Waals surface area contributed by atoms with Gasteiger partial charge in [-0.1, -0.05) is 23.2 Å².